The van der Waals surface area contributed by atoms with Crippen molar-refractivity contribution < 1.29 is 9.76 Å². The highest BCUT2D eigenvalue weighted by atomic mass is 16.5. The summed E-state index contributed by atoms with van der Waals surface area (Å²) >= 11 is 0. The standard InChI is InChI=1S/C17H20BNO2/c1-18(20)15-10-14(11-16(12-15)19-2)5-4-13-6-8-17(21-3)9-7-13/h4-12,19-20H,1-3H3/b5-4+. The maximum absolute atomic E-state index is 9.75. The molecule has 0 heterocycles. The minimum atomic E-state index is -0.480. The van der Waals surface area contributed by atoms with Gasteiger partial charge in [0.15, 0.2) is 0 Å². The Morgan fingerprint density at radius 1 is 1.05 bits per heavy atom. The van der Waals surface area contributed by atoms with E-state index in [1.165, 1.54) is 0 Å². The maximum Gasteiger partial charge on any atom is 0.320 e. The number of anilines is 1. The van der Waals surface area contributed by atoms with Crippen LogP contribution in [0.2, 0.25) is 6.82 Å². The average Bonchev–Trinajstić information content (AvgIpc) is 2.53. The zero-order valence-electron chi connectivity index (χ0n) is 12.6. The van der Waals surface area contributed by atoms with Crippen LogP contribution in [-0.2, 0) is 0 Å². The van der Waals surface area contributed by atoms with Crippen LogP contribution < -0.4 is 15.5 Å². The molecular weight excluding hydrogens is 261 g/mol. The Morgan fingerprint density at radius 2 is 1.71 bits per heavy atom. The monoisotopic (exact) mass is 281 g/mol. The zero-order chi connectivity index (χ0) is 15.2. The van der Waals surface area contributed by atoms with Crippen molar-refractivity contribution in [2.75, 3.05) is 19.5 Å². The third kappa shape index (κ3) is 4.13. The van der Waals surface area contributed by atoms with Crippen molar-refractivity contribution in [2.45, 2.75) is 6.82 Å². The quantitative estimate of drug-likeness (QED) is 0.654. The van der Waals surface area contributed by atoms with Crippen LogP contribution in [0.4, 0.5) is 5.69 Å². The molecule has 0 aliphatic heterocycles. The van der Waals surface area contributed by atoms with E-state index in [9.17, 15) is 5.02 Å². The third-order valence-corrected chi connectivity index (χ3v) is 3.33. The Morgan fingerprint density at radius 3 is 2.29 bits per heavy atom. The first kappa shape index (κ1) is 15.2. The van der Waals surface area contributed by atoms with E-state index in [0.29, 0.717) is 0 Å². The van der Waals surface area contributed by atoms with Gasteiger partial charge in [-0.25, -0.2) is 0 Å². The van der Waals surface area contributed by atoms with Crippen molar-refractivity contribution in [3.05, 3.63) is 53.6 Å². The van der Waals surface area contributed by atoms with Crippen molar-refractivity contribution in [3.63, 3.8) is 0 Å². The summed E-state index contributed by atoms with van der Waals surface area (Å²) in [6.07, 6.45) is 4.08. The fourth-order valence-electron chi connectivity index (χ4n) is 2.07. The molecule has 0 aromatic heterocycles. The molecule has 0 saturated carbocycles. The number of ether oxygens (including phenoxy) is 1. The highest BCUT2D eigenvalue weighted by Crippen LogP contribution is 2.15. The molecule has 108 valence electrons. The van der Waals surface area contributed by atoms with Crippen molar-refractivity contribution in [3.8, 4) is 5.75 Å². The van der Waals surface area contributed by atoms with E-state index in [1.54, 1.807) is 13.9 Å². The minimum absolute atomic E-state index is 0.480. The van der Waals surface area contributed by atoms with E-state index in [-0.39, 0.29) is 0 Å². The summed E-state index contributed by atoms with van der Waals surface area (Å²) in [4.78, 5) is 0. The Hall–Kier alpha value is -2.20. The number of methoxy groups -OCH3 is 1. The molecule has 0 fully saturated rings. The smallest absolute Gasteiger partial charge is 0.320 e. The highest BCUT2D eigenvalue weighted by molar-refractivity contribution is 6.64. The van der Waals surface area contributed by atoms with Crippen LogP contribution in [0.5, 0.6) is 5.75 Å². The number of hydrogen-bond acceptors (Lipinski definition) is 3. The van der Waals surface area contributed by atoms with Gasteiger partial charge in [-0.2, -0.15) is 0 Å². The van der Waals surface area contributed by atoms with E-state index >= 15 is 0 Å². The molecule has 4 heteroatoms. The first-order valence-electron chi connectivity index (χ1n) is 6.95. The molecule has 0 spiro atoms. The summed E-state index contributed by atoms with van der Waals surface area (Å²) in [7, 11) is 3.53. The topological polar surface area (TPSA) is 41.5 Å². The molecule has 0 atom stereocenters. The van der Waals surface area contributed by atoms with Gasteiger partial charge in [0.05, 0.1) is 7.11 Å². The highest BCUT2D eigenvalue weighted by Gasteiger charge is 2.08. The second-order valence-electron chi connectivity index (χ2n) is 4.92. The van der Waals surface area contributed by atoms with Crippen LogP contribution in [0.15, 0.2) is 42.5 Å². The molecule has 21 heavy (non-hydrogen) atoms. The number of nitrogens with one attached hydrogen (secondary N) is 1. The Labute approximate surface area is 126 Å². The SMILES string of the molecule is CNc1cc(/C=C/c2ccc(OC)cc2)cc(B(C)O)c1. The molecule has 2 aromatic rings. The van der Waals surface area contributed by atoms with Gasteiger partial charge < -0.3 is 15.1 Å². The van der Waals surface area contributed by atoms with Crippen molar-refractivity contribution in [1.29, 1.82) is 0 Å². The Bertz CT molecular complexity index is 621. The first-order valence-corrected chi connectivity index (χ1v) is 6.95. The maximum atomic E-state index is 9.75. The van der Waals surface area contributed by atoms with Gasteiger partial charge in [0.1, 0.15) is 5.75 Å². The predicted octanol–water partition coefficient (Wildman–Crippen LogP) is 2.73. The molecule has 0 bridgehead atoms. The normalized spacial score (nSPS) is 10.7. The van der Waals surface area contributed by atoms with Gasteiger partial charge in [0.25, 0.3) is 0 Å². The summed E-state index contributed by atoms with van der Waals surface area (Å²) in [5.74, 6) is 0.848. The van der Waals surface area contributed by atoms with Crippen LogP contribution in [-0.4, -0.2) is 26.1 Å². The number of hydrogen-bond donors (Lipinski definition) is 2. The van der Waals surface area contributed by atoms with E-state index in [1.807, 2.05) is 61.7 Å². The fraction of sp³-hybridized carbons (Fsp3) is 0.176. The number of benzene rings is 2. The van der Waals surface area contributed by atoms with Gasteiger partial charge in [0, 0.05) is 12.7 Å². The van der Waals surface area contributed by atoms with Crippen LogP contribution in [0, 0.1) is 0 Å². The van der Waals surface area contributed by atoms with Gasteiger partial charge in [-0.05, 0) is 40.9 Å². The van der Waals surface area contributed by atoms with Crippen LogP contribution in [0.1, 0.15) is 11.1 Å². The van der Waals surface area contributed by atoms with Gasteiger partial charge in [-0.3, -0.25) is 0 Å². The minimum Gasteiger partial charge on any atom is -0.497 e. The lowest BCUT2D eigenvalue weighted by molar-refractivity contribution is 0.415. The summed E-state index contributed by atoms with van der Waals surface area (Å²) in [5.41, 5.74) is 4.04. The molecule has 0 unspecified atom stereocenters. The van der Waals surface area contributed by atoms with Gasteiger partial charge >= 0.3 is 6.92 Å². The fourth-order valence-corrected chi connectivity index (χ4v) is 2.07. The van der Waals surface area contributed by atoms with Crippen molar-refractivity contribution in [1.82, 2.24) is 0 Å². The van der Waals surface area contributed by atoms with E-state index < -0.39 is 6.92 Å². The third-order valence-electron chi connectivity index (χ3n) is 3.33. The Kier molecular flexibility index (Phi) is 5.06. The second kappa shape index (κ2) is 7.00. The van der Waals surface area contributed by atoms with Crippen molar-refractivity contribution >= 4 is 30.2 Å². The van der Waals surface area contributed by atoms with Crippen LogP contribution >= 0.6 is 0 Å². The lowest BCUT2D eigenvalue weighted by atomic mass is 9.64. The second-order valence-corrected chi connectivity index (χ2v) is 4.92. The lowest BCUT2D eigenvalue weighted by Crippen LogP contribution is -2.26. The molecule has 3 nitrogen and oxygen atoms in total. The van der Waals surface area contributed by atoms with Gasteiger partial charge in [-0.1, -0.05) is 37.2 Å². The first-order chi connectivity index (χ1) is 10.1. The summed E-state index contributed by atoms with van der Waals surface area (Å²) in [5, 5.41) is 12.9. The summed E-state index contributed by atoms with van der Waals surface area (Å²) in [6, 6.07) is 13.9. The predicted molar refractivity (Wildman–Crippen MR) is 91.4 cm³/mol. The number of rotatable bonds is 5. The average molecular weight is 281 g/mol. The van der Waals surface area contributed by atoms with Gasteiger partial charge in [0.2, 0.25) is 0 Å². The van der Waals surface area contributed by atoms with E-state index in [0.717, 1.165) is 28.0 Å². The summed E-state index contributed by atoms with van der Waals surface area (Å²) < 4.78 is 5.14. The summed E-state index contributed by atoms with van der Waals surface area (Å²) in [6.45, 7) is 1.29. The van der Waals surface area contributed by atoms with Gasteiger partial charge in [-0.15, -0.1) is 0 Å². The Balaban J connectivity index is 2.24. The molecule has 2 rings (SSSR count). The molecular formula is C17H20BNO2. The molecule has 0 aliphatic carbocycles. The van der Waals surface area contributed by atoms with E-state index in [4.69, 9.17) is 4.74 Å². The lowest BCUT2D eigenvalue weighted by Gasteiger charge is -2.08. The van der Waals surface area contributed by atoms with Crippen LogP contribution in [0.3, 0.4) is 0 Å². The molecule has 2 N–H and O–H groups in total. The molecule has 0 amide bonds. The zero-order valence-corrected chi connectivity index (χ0v) is 12.6. The van der Waals surface area contributed by atoms with E-state index in [2.05, 4.69) is 5.32 Å². The molecule has 2 aromatic carbocycles. The molecule has 0 aliphatic rings. The van der Waals surface area contributed by atoms with Crippen LogP contribution in [0.25, 0.3) is 12.2 Å². The largest absolute Gasteiger partial charge is 0.497 e. The molecule has 0 saturated heterocycles. The molecule has 0 radical (unpaired) electrons. The van der Waals surface area contributed by atoms with Crippen molar-refractivity contribution in [2.24, 2.45) is 0 Å².